The summed E-state index contributed by atoms with van der Waals surface area (Å²) in [5.41, 5.74) is 7.69. The van der Waals surface area contributed by atoms with Crippen LogP contribution in [0.1, 0.15) is 39.4 Å². The quantitative estimate of drug-likeness (QED) is 0.869. The Bertz CT molecular complexity index is 441. The molecule has 2 N–H and O–H groups in total. The summed E-state index contributed by atoms with van der Waals surface area (Å²) in [6, 6.07) is 2.51. The van der Waals surface area contributed by atoms with E-state index in [4.69, 9.17) is 11.0 Å². The number of hydrogen-bond donors (Lipinski definition) is 1. The third kappa shape index (κ3) is 2.76. The van der Waals surface area contributed by atoms with Gasteiger partial charge in [-0.05, 0) is 34.6 Å². The highest BCUT2D eigenvalue weighted by Crippen LogP contribution is 2.29. The van der Waals surface area contributed by atoms with Crippen LogP contribution in [-0.2, 0) is 0 Å². The van der Waals surface area contributed by atoms with Gasteiger partial charge in [0.1, 0.15) is 0 Å². The first kappa shape index (κ1) is 14.4. The molecule has 0 bridgehead atoms. The van der Waals surface area contributed by atoms with Gasteiger partial charge in [-0.1, -0.05) is 0 Å². The van der Waals surface area contributed by atoms with Crippen LogP contribution in [0.4, 0.5) is 11.5 Å². The molecule has 0 aromatic carbocycles. The lowest BCUT2D eigenvalue weighted by atomic mass is 10.2. The van der Waals surface area contributed by atoms with Crippen LogP contribution in [0.5, 0.6) is 0 Å². The van der Waals surface area contributed by atoms with Crippen LogP contribution in [0.15, 0.2) is 0 Å². The van der Waals surface area contributed by atoms with Gasteiger partial charge >= 0.3 is 0 Å². The second kappa shape index (κ2) is 5.76. The van der Waals surface area contributed by atoms with Gasteiger partial charge in [-0.2, -0.15) is 10.4 Å². The van der Waals surface area contributed by atoms with Gasteiger partial charge in [0.15, 0.2) is 5.82 Å². The summed E-state index contributed by atoms with van der Waals surface area (Å²) in [7, 11) is 0. The molecule has 0 spiro atoms. The maximum absolute atomic E-state index is 8.95. The Morgan fingerprint density at radius 1 is 1.44 bits per heavy atom. The van der Waals surface area contributed by atoms with E-state index in [-0.39, 0.29) is 12.0 Å². The fraction of sp³-hybridized carbons (Fsp3) is 0.692. The fourth-order valence-corrected chi connectivity index (χ4v) is 1.96. The summed E-state index contributed by atoms with van der Waals surface area (Å²) >= 11 is 0. The first-order valence-electron chi connectivity index (χ1n) is 6.41. The molecular formula is C13H23N5. The standard InChI is InChI=1S/C13H23N5/c1-6-17(8-10(4)7-14)13-12(15)11(5)16-18(13)9(2)3/h9-10H,6,8,15H2,1-5H3. The Balaban J connectivity index is 3.16. The minimum absolute atomic E-state index is 0.0276. The van der Waals surface area contributed by atoms with Gasteiger partial charge in [0, 0.05) is 19.1 Å². The number of nitriles is 1. The molecule has 100 valence electrons. The lowest BCUT2D eigenvalue weighted by Gasteiger charge is -2.26. The van der Waals surface area contributed by atoms with Crippen molar-refractivity contribution in [3.05, 3.63) is 5.69 Å². The molecule has 5 nitrogen and oxygen atoms in total. The Morgan fingerprint density at radius 3 is 2.50 bits per heavy atom. The molecule has 1 atom stereocenters. The summed E-state index contributed by atoms with van der Waals surface area (Å²) < 4.78 is 1.94. The second-order valence-electron chi connectivity index (χ2n) is 4.93. The van der Waals surface area contributed by atoms with E-state index in [0.717, 1.165) is 23.7 Å². The average molecular weight is 249 g/mol. The van der Waals surface area contributed by atoms with Crippen LogP contribution in [-0.4, -0.2) is 22.9 Å². The molecule has 0 aliphatic carbocycles. The number of rotatable bonds is 5. The number of aromatic nitrogens is 2. The minimum Gasteiger partial charge on any atom is -0.394 e. The lowest BCUT2D eigenvalue weighted by molar-refractivity contribution is 0.518. The van der Waals surface area contributed by atoms with Gasteiger partial charge in [0.05, 0.1) is 23.4 Å². The number of nitrogen functional groups attached to an aromatic ring is 1. The third-order valence-electron chi connectivity index (χ3n) is 2.99. The number of anilines is 2. The molecule has 0 radical (unpaired) electrons. The average Bonchev–Trinajstić information content (AvgIpc) is 2.63. The van der Waals surface area contributed by atoms with Crippen molar-refractivity contribution >= 4 is 11.5 Å². The molecule has 0 aliphatic rings. The van der Waals surface area contributed by atoms with E-state index >= 15 is 0 Å². The summed E-state index contributed by atoms with van der Waals surface area (Å²) in [6.07, 6.45) is 0. The molecular weight excluding hydrogens is 226 g/mol. The van der Waals surface area contributed by atoms with E-state index in [0.29, 0.717) is 6.54 Å². The van der Waals surface area contributed by atoms with Crippen molar-refractivity contribution in [1.29, 1.82) is 5.26 Å². The monoisotopic (exact) mass is 249 g/mol. The Morgan fingerprint density at radius 2 is 2.06 bits per heavy atom. The van der Waals surface area contributed by atoms with Crippen LogP contribution in [0, 0.1) is 24.2 Å². The van der Waals surface area contributed by atoms with Gasteiger partial charge in [-0.15, -0.1) is 0 Å². The van der Waals surface area contributed by atoms with Crippen molar-refractivity contribution in [3.8, 4) is 6.07 Å². The normalized spacial score (nSPS) is 12.5. The molecule has 18 heavy (non-hydrogen) atoms. The first-order chi connectivity index (χ1) is 8.42. The van der Waals surface area contributed by atoms with E-state index < -0.39 is 0 Å². The Kier molecular flexibility index (Phi) is 4.60. The van der Waals surface area contributed by atoms with Crippen molar-refractivity contribution in [3.63, 3.8) is 0 Å². The van der Waals surface area contributed by atoms with Crippen molar-refractivity contribution in [2.24, 2.45) is 5.92 Å². The topological polar surface area (TPSA) is 70.9 Å². The zero-order chi connectivity index (χ0) is 13.9. The van der Waals surface area contributed by atoms with E-state index in [2.05, 4.69) is 36.8 Å². The predicted octanol–water partition coefficient (Wildman–Crippen LogP) is 2.34. The zero-order valence-corrected chi connectivity index (χ0v) is 11.9. The van der Waals surface area contributed by atoms with E-state index in [1.165, 1.54) is 0 Å². The van der Waals surface area contributed by atoms with Crippen LogP contribution in [0.25, 0.3) is 0 Å². The van der Waals surface area contributed by atoms with E-state index in [9.17, 15) is 0 Å². The number of aryl methyl sites for hydroxylation is 1. The van der Waals surface area contributed by atoms with Gasteiger partial charge in [-0.3, -0.25) is 0 Å². The maximum atomic E-state index is 8.95. The Labute approximate surface area is 109 Å². The first-order valence-corrected chi connectivity index (χ1v) is 6.41. The Hall–Kier alpha value is -1.70. The van der Waals surface area contributed by atoms with Crippen molar-refractivity contribution in [1.82, 2.24) is 9.78 Å². The highest BCUT2D eigenvalue weighted by atomic mass is 15.4. The predicted molar refractivity (Wildman–Crippen MR) is 74.4 cm³/mol. The summed E-state index contributed by atoms with van der Waals surface area (Å²) in [5, 5.41) is 13.4. The number of nitrogens with two attached hydrogens (primary N) is 1. The molecule has 0 amide bonds. The van der Waals surface area contributed by atoms with Gasteiger partial charge in [0.25, 0.3) is 0 Å². The third-order valence-corrected chi connectivity index (χ3v) is 2.99. The number of hydrogen-bond acceptors (Lipinski definition) is 4. The molecule has 1 rings (SSSR count). The molecule has 0 saturated heterocycles. The van der Waals surface area contributed by atoms with Crippen LogP contribution in [0.3, 0.4) is 0 Å². The van der Waals surface area contributed by atoms with Crippen LogP contribution >= 0.6 is 0 Å². The van der Waals surface area contributed by atoms with Crippen molar-refractivity contribution in [2.75, 3.05) is 23.7 Å². The summed E-state index contributed by atoms with van der Waals surface area (Å²) in [5.74, 6) is 0.910. The molecule has 1 heterocycles. The molecule has 1 aromatic heterocycles. The zero-order valence-electron chi connectivity index (χ0n) is 11.9. The molecule has 0 aliphatic heterocycles. The van der Waals surface area contributed by atoms with Gasteiger partial charge < -0.3 is 10.6 Å². The van der Waals surface area contributed by atoms with Crippen LogP contribution < -0.4 is 10.6 Å². The highest BCUT2D eigenvalue weighted by molar-refractivity contribution is 5.66. The highest BCUT2D eigenvalue weighted by Gasteiger charge is 2.20. The molecule has 0 saturated carbocycles. The van der Waals surface area contributed by atoms with Crippen molar-refractivity contribution < 1.29 is 0 Å². The van der Waals surface area contributed by atoms with Gasteiger partial charge in [-0.25, -0.2) is 4.68 Å². The van der Waals surface area contributed by atoms with E-state index in [1.807, 2.05) is 18.5 Å². The summed E-state index contributed by atoms with van der Waals surface area (Å²) in [6.45, 7) is 11.6. The van der Waals surface area contributed by atoms with Crippen LogP contribution in [0.2, 0.25) is 0 Å². The molecule has 1 aromatic rings. The van der Waals surface area contributed by atoms with Gasteiger partial charge in [0.2, 0.25) is 0 Å². The minimum atomic E-state index is -0.0276. The maximum Gasteiger partial charge on any atom is 0.150 e. The number of nitrogens with zero attached hydrogens (tertiary/aromatic N) is 4. The lowest BCUT2D eigenvalue weighted by Crippen LogP contribution is -2.31. The summed E-state index contributed by atoms with van der Waals surface area (Å²) in [4.78, 5) is 2.13. The molecule has 5 heteroatoms. The smallest absolute Gasteiger partial charge is 0.150 e. The SMILES string of the molecule is CCN(CC(C)C#N)c1c(N)c(C)nn1C(C)C. The largest absolute Gasteiger partial charge is 0.394 e. The second-order valence-corrected chi connectivity index (χ2v) is 4.93. The molecule has 0 fully saturated rings. The molecule has 1 unspecified atom stereocenters. The van der Waals surface area contributed by atoms with E-state index in [1.54, 1.807) is 0 Å². The van der Waals surface area contributed by atoms with Crippen molar-refractivity contribution in [2.45, 2.75) is 40.7 Å². The fourth-order valence-electron chi connectivity index (χ4n) is 1.96.